The van der Waals surface area contributed by atoms with Crippen molar-refractivity contribution in [2.24, 2.45) is 5.73 Å². The lowest BCUT2D eigenvalue weighted by atomic mass is 9.98. The first-order valence-corrected chi connectivity index (χ1v) is 6.52. The van der Waals surface area contributed by atoms with Crippen molar-refractivity contribution in [2.75, 3.05) is 11.4 Å². The molecular weight excluding hydrogens is 248 g/mol. The quantitative estimate of drug-likeness (QED) is 0.832. The van der Waals surface area contributed by atoms with Crippen molar-refractivity contribution in [2.45, 2.75) is 12.5 Å². The summed E-state index contributed by atoms with van der Waals surface area (Å²) in [6.45, 7) is 0.521. The van der Waals surface area contributed by atoms with Gasteiger partial charge in [-0.2, -0.15) is 0 Å². The second kappa shape index (κ2) is 4.47. The van der Waals surface area contributed by atoms with E-state index in [1.807, 2.05) is 24.3 Å². The smallest absolute Gasteiger partial charge is 0.279 e. The van der Waals surface area contributed by atoms with Gasteiger partial charge in [0.1, 0.15) is 0 Å². The molecule has 0 aliphatic carbocycles. The van der Waals surface area contributed by atoms with Gasteiger partial charge in [0.15, 0.2) is 5.69 Å². The van der Waals surface area contributed by atoms with E-state index in [0.717, 1.165) is 17.7 Å². The standard InChI is InChI=1S/C12H12N4OS/c13-9-5-8-3-1-2-4-11(8)16(6-9)12(17)10-7-18-15-14-10/h1-4,7,9H,5-6,13H2. The van der Waals surface area contributed by atoms with E-state index in [9.17, 15) is 4.79 Å². The van der Waals surface area contributed by atoms with Crippen molar-refractivity contribution in [1.82, 2.24) is 9.59 Å². The number of amides is 1. The van der Waals surface area contributed by atoms with Gasteiger partial charge < -0.3 is 10.6 Å². The number of nitrogens with zero attached hydrogens (tertiary/aromatic N) is 3. The maximum Gasteiger partial charge on any atom is 0.279 e. The van der Waals surface area contributed by atoms with Crippen LogP contribution in [0.2, 0.25) is 0 Å². The monoisotopic (exact) mass is 260 g/mol. The summed E-state index contributed by atoms with van der Waals surface area (Å²) in [5.74, 6) is -0.133. The molecule has 0 saturated heterocycles. The number of anilines is 1. The van der Waals surface area contributed by atoms with Gasteiger partial charge in [-0.15, -0.1) is 5.10 Å². The zero-order chi connectivity index (χ0) is 12.5. The van der Waals surface area contributed by atoms with E-state index in [-0.39, 0.29) is 11.9 Å². The molecule has 1 atom stereocenters. The van der Waals surface area contributed by atoms with Crippen LogP contribution in [-0.4, -0.2) is 28.1 Å². The zero-order valence-electron chi connectivity index (χ0n) is 9.61. The Hall–Kier alpha value is -1.79. The van der Waals surface area contributed by atoms with Crippen molar-refractivity contribution in [1.29, 1.82) is 0 Å². The van der Waals surface area contributed by atoms with E-state index < -0.39 is 0 Å². The van der Waals surface area contributed by atoms with Gasteiger partial charge in [0, 0.05) is 23.7 Å². The molecule has 1 amide bonds. The summed E-state index contributed by atoms with van der Waals surface area (Å²) in [5.41, 5.74) is 8.41. The topological polar surface area (TPSA) is 72.1 Å². The van der Waals surface area contributed by atoms with Crippen LogP contribution in [0.25, 0.3) is 0 Å². The van der Waals surface area contributed by atoms with Crippen molar-refractivity contribution < 1.29 is 4.79 Å². The number of carbonyl (C=O) groups is 1. The SMILES string of the molecule is NC1Cc2ccccc2N(C(=O)c2csnn2)C1. The van der Waals surface area contributed by atoms with Gasteiger partial charge >= 0.3 is 0 Å². The summed E-state index contributed by atoms with van der Waals surface area (Å²) < 4.78 is 3.73. The molecule has 1 unspecified atom stereocenters. The molecule has 1 aromatic heterocycles. The predicted octanol–water partition coefficient (Wildman–Crippen LogP) is 1.07. The van der Waals surface area contributed by atoms with Gasteiger partial charge in [0.05, 0.1) is 0 Å². The highest BCUT2D eigenvalue weighted by molar-refractivity contribution is 7.03. The Morgan fingerprint density at radius 1 is 1.44 bits per heavy atom. The maximum absolute atomic E-state index is 12.3. The van der Waals surface area contributed by atoms with Crippen molar-refractivity contribution >= 4 is 23.1 Å². The molecule has 6 heteroatoms. The molecule has 0 bridgehead atoms. The largest absolute Gasteiger partial charge is 0.326 e. The Kier molecular flexibility index (Phi) is 2.81. The first-order valence-electron chi connectivity index (χ1n) is 5.68. The van der Waals surface area contributed by atoms with Crippen molar-refractivity contribution in [3.8, 4) is 0 Å². The Labute approximate surface area is 108 Å². The maximum atomic E-state index is 12.3. The van der Waals surface area contributed by atoms with E-state index >= 15 is 0 Å². The molecule has 3 rings (SSSR count). The van der Waals surface area contributed by atoms with Crippen LogP contribution in [0, 0.1) is 0 Å². The van der Waals surface area contributed by atoms with Gasteiger partial charge in [-0.05, 0) is 29.6 Å². The lowest BCUT2D eigenvalue weighted by Gasteiger charge is -2.32. The summed E-state index contributed by atoms with van der Waals surface area (Å²) in [6, 6.07) is 7.81. The van der Waals surface area contributed by atoms with Gasteiger partial charge in [0.25, 0.3) is 5.91 Å². The Balaban J connectivity index is 2.00. The van der Waals surface area contributed by atoms with E-state index in [2.05, 4.69) is 9.59 Å². The third-order valence-electron chi connectivity index (χ3n) is 3.01. The Bertz CT molecular complexity index is 569. The number of rotatable bonds is 1. The zero-order valence-corrected chi connectivity index (χ0v) is 10.4. The molecule has 92 valence electrons. The van der Waals surface area contributed by atoms with Gasteiger partial charge in [-0.3, -0.25) is 4.79 Å². The second-order valence-corrected chi connectivity index (χ2v) is 4.91. The molecule has 0 spiro atoms. The number of carbonyl (C=O) groups excluding carboxylic acids is 1. The van der Waals surface area contributed by atoms with Crippen LogP contribution in [0.3, 0.4) is 0 Å². The minimum Gasteiger partial charge on any atom is -0.326 e. The summed E-state index contributed by atoms with van der Waals surface area (Å²) in [7, 11) is 0. The van der Waals surface area contributed by atoms with Gasteiger partial charge in [0.2, 0.25) is 0 Å². The Morgan fingerprint density at radius 2 is 2.28 bits per heavy atom. The third kappa shape index (κ3) is 1.89. The molecule has 18 heavy (non-hydrogen) atoms. The molecule has 0 fully saturated rings. The first-order chi connectivity index (χ1) is 8.75. The molecular formula is C12H12N4OS. The van der Waals surface area contributed by atoms with Crippen LogP contribution in [0.4, 0.5) is 5.69 Å². The molecule has 1 aliphatic rings. The molecule has 5 nitrogen and oxygen atoms in total. The fourth-order valence-electron chi connectivity index (χ4n) is 2.22. The van der Waals surface area contributed by atoms with Crippen LogP contribution in [-0.2, 0) is 6.42 Å². The van der Waals surface area contributed by atoms with Crippen molar-refractivity contribution in [3.63, 3.8) is 0 Å². The minimum atomic E-state index is -0.133. The average Bonchev–Trinajstić information content (AvgIpc) is 2.90. The highest BCUT2D eigenvalue weighted by atomic mass is 32.1. The lowest BCUT2D eigenvalue weighted by molar-refractivity contribution is 0.0978. The summed E-state index contributed by atoms with van der Waals surface area (Å²) >= 11 is 1.17. The first kappa shape index (κ1) is 11.3. The van der Waals surface area contributed by atoms with Crippen LogP contribution in [0.15, 0.2) is 29.6 Å². The molecule has 1 aliphatic heterocycles. The van der Waals surface area contributed by atoms with E-state index in [1.54, 1.807) is 10.3 Å². The van der Waals surface area contributed by atoms with Gasteiger partial charge in [-0.25, -0.2) is 0 Å². The number of benzene rings is 1. The summed E-state index contributed by atoms with van der Waals surface area (Å²) in [6.07, 6.45) is 0.801. The minimum absolute atomic E-state index is 0.0320. The van der Waals surface area contributed by atoms with Crippen LogP contribution in [0.1, 0.15) is 16.1 Å². The molecule has 0 radical (unpaired) electrons. The number of fused-ring (bicyclic) bond motifs is 1. The number of aromatic nitrogens is 2. The normalized spacial score (nSPS) is 18.5. The third-order valence-corrected chi connectivity index (χ3v) is 3.51. The molecule has 1 aromatic carbocycles. The number of para-hydroxylation sites is 1. The fourth-order valence-corrected chi connectivity index (χ4v) is 2.65. The highest BCUT2D eigenvalue weighted by Crippen LogP contribution is 2.27. The van der Waals surface area contributed by atoms with Crippen LogP contribution < -0.4 is 10.6 Å². The highest BCUT2D eigenvalue weighted by Gasteiger charge is 2.28. The van der Waals surface area contributed by atoms with Crippen LogP contribution >= 0.6 is 11.5 Å². The second-order valence-electron chi connectivity index (χ2n) is 4.30. The van der Waals surface area contributed by atoms with Crippen LogP contribution in [0.5, 0.6) is 0 Å². The van der Waals surface area contributed by atoms with E-state index in [1.165, 1.54) is 11.5 Å². The van der Waals surface area contributed by atoms with E-state index in [4.69, 9.17) is 5.73 Å². The molecule has 2 heterocycles. The summed E-state index contributed by atoms with van der Waals surface area (Å²) in [4.78, 5) is 14.0. The molecule has 2 N–H and O–H groups in total. The van der Waals surface area contributed by atoms with E-state index in [0.29, 0.717) is 12.2 Å². The number of nitrogens with two attached hydrogens (primary N) is 1. The predicted molar refractivity (Wildman–Crippen MR) is 69.7 cm³/mol. The summed E-state index contributed by atoms with van der Waals surface area (Å²) in [5, 5.41) is 5.48. The molecule has 0 saturated carbocycles. The number of hydrogen-bond donors (Lipinski definition) is 1. The van der Waals surface area contributed by atoms with Crippen molar-refractivity contribution in [3.05, 3.63) is 40.9 Å². The average molecular weight is 260 g/mol. The number of hydrogen-bond acceptors (Lipinski definition) is 5. The molecule has 2 aromatic rings. The Morgan fingerprint density at radius 3 is 3.06 bits per heavy atom. The fraction of sp³-hybridized carbons (Fsp3) is 0.250. The van der Waals surface area contributed by atoms with Gasteiger partial charge in [-0.1, -0.05) is 22.7 Å². The lowest BCUT2D eigenvalue weighted by Crippen LogP contribution is -2.46.